The second-order valence-corrected chi connectivity index (χ2v) is 9.86. The van der Waals surface area contributed by atoms with E-state index in [0.717, 1.165) is 23.7 Å². The summed E-state index contributed by atoms with van der Waals surface area (Å²) in [5.41, 5.74) is 6.80. The molecule has 0 amide bonds. The summed E-state index contributed by atoms with van der Waals surface area (Å²) >= 11 is 6.24. The van der Waals surface area contributed by atoms with Gasteiger partial charge in [0.15, 0.2) is 0 Å². The van der Waals surface area contributed by atoms with Crippen LogP contribution >= 0.6 is 12.2 Å². The van der Waals surface area contributed by atoms with Crippen molar-refractivity contribution in [1.29, 1.82) is 0 Å². The molecular formula is C27H37NOS. The minimum atomic E-state index is 0.317. The molecule has 0 aliphatic carbocycles. The van der Waals surface area contributed by atoms with Gasteiger partial charge in [-0.25, -0.2) is 0 Å². The molecule has 2 nitrogen and oxygen atoms in total. The normalized spacial score (nSPS) is 16.7. The van der Waals surface area contributed by atoms with Crippen molar-refractivity contribution in [3.8, 4) is 5.75 Å². The quantitative estimate of drug-likeness (QED) is 0.444. The van der Waals surface area contributed by atoms with Gasteiger partial charge in [-0.1, -0.05) is 78.0 Å². The molecule has 3 heteroatoms. The van der Waals surface area contributed by atoms with Crippen molar-refractivity contribution in [3.05, 3.63) is 64.2 Å². The number of methoxy groups -OCH3 is 1. The number of rotatable bonds is 6. The molecule has 0 aromatic heterocycles. The number of hydrogen-bond acceptors (Lipinski definition) is 2. The molecule has 1 fully saturated rings. The predicted molar refractivity (Wildman–Crippen MR) is 132 cm³/mol. The molecule has 162 valence electrons. The van der Waals surface area contributed by atoms with E-state index in [0.29, 0.717) is 23.8 Å². The fourth-order valence-electron chi connectivity index (χ4n) is 4.55. The van der Waals surface area contributed by atoms with Gasteiger partial charge in [-0.15, -0.1) is 0 Å². The molecule has 1 heterocycles. The van der Waals surface area contributed by atoms with Crippen LogP contribution in [0, 0.1) is 0 Å². The van der Waals surface area contributed by atoms with Gasteiger partial charge >= 0.3 is 0 Å². The fraction of sp³-hybridized carbons (Fsp3) is 0.519. The number of likely N-dealkylation sites (tertiary alicyclic amines) is 1. The van der Waals surface area contributed by atoms with E-state index in [-0.39, 0.29) is 0 Å². The lowest BCUT2D eigenvalue weighted by atomic mass is 9.84. The standard InChI is InChI=1S/C27H37NOS/c1-17(2)21-15-23(18(3)4)26(24(16-21)19(5)6)27(30)28-13-9-12-25(28)20-10-8-11-22(14-20)29-7/h8,10-11,14-19,25H,9,12-13H2,1-7H3/t25-/m1/s1. The molecule has 2 aromatic rings. The van der Waals surface area contributed by atoms with Crippen molar-refractivity contribution < 1.29 is 4.74 Å². The third kappa shape index (κ3) is 4.56. The first kappa shape index (κ1) is 22.8. The summed E-state index contributed by atoms with van der Waals surface area (Å²) in [6.07, 6.45) is 2.30. The van der Waals surface area contributed by atoms with E-state index in [1.165, 1.54) is 34.2 Å². The molecule has 1 atom stereocenters. The molecule has 2 aromatic carbocycles. The van der Waals surface area contributed by atoms with Crippen LogP contribution in [0.25, 0.3) is 0 Å². The molecule has 0 bridgehead atoms. The minimum Gasteiger partial charge on any atom is -0.497 e. The van der Waals surface area contributed by atoms with E-state index in [2.05, 4.69) is 76.8 Å². The highest BCUT2D eigenvalue weighted by molar-refractivity contribution is 7.80. The molecule has 1 aliphatic heterocycles. The molecule has 1 saturated heterocycles. The molecule has 1 aliphatic rings. The highest BCUT2D eigenvalue weighted by Gasteiger charge is 2.31. The second-order valence-electron chi connectivity index (χ2n) is 9.47. The molecule has 30 heavy (non-hydrogen) atoms. The third-order valence-corrected chi connectivity index (χ3v) is 6.78. The van der Waals surface area contributed by atoms with Gasteiger partial charge in [0, 0.05) is 12.1 Å². The van der Waals surface area contributed by atoms with Gasteiger partial charge in [0.25, 0.3) is 0 Å². The zero-order valence-corrected chi connectivity index (χ0v) is 20.5. The highest BCUT2D eigenvalue weighted by Crippen LogP contribution is 2.39. The summed E-state index contributed by atoms with van der Waals surface area (Å²) in [5.74, 6) is 2.30. The molecule has 0 unspecified atom stereocenters. The average molecular weight is 424 g/mol. The topological polar surface area (TPSA) is 12.5 Å². The average Bonchev–Trinajstić information content (AvgIpc) is 3.22. The van der Waals surface area contributed by atoms with Crippen molar-refractivity contribution in [2.45, 2.75) is 78.2 Å². The summed E-state index contributed by atoms with van der Waals surface area (Å²) in [6, 6.07) is 13.6. The maximum Gasteiger partial charge on any atom is 0.119 e. The van der Waals surface area contributed by atoms with E-state index in [4.69, 9.17) is 17.0 Å². The van der Waals surface area contributed by atoms with Gasteiger partial charge in [0.05, 0.1) is 13.2 Å². The fourth-order valence-corrected chi connectivity index (χ4v) is 5.01. The van der Waals surface area contributed by atoms with Crippen molar-refractivity contribution >= 4 is 17.2 Å². The van der Waals surface area contributed by atoms with Crippen molar-refractivity contribution in [2.75, 3.05) is 13.7 Å². The van der Waals surface area contributed by atoms with Crippen LogP contribution in [0.5, 0.6) is 5.75 Å². The summed E-state index contributed by atoms with van der Waals surface area (Å²) in [7, 11) is 1.73. The Morgan fingerprint density at radius 1 is 0.967 bits per heavy atom. The first-order valence-electron chi connectivity index (χ1n) is 11.4. The Morgan fingerprint density at radius 3 is 2.13 bits per heavy atom. The van der Waals surface area contributed by atoms with Gasteiger partial charge in [-0.05, 0) is 65.0 Å². The van der Waals surface area contributed by atoms with Crippen LogP contribution < -0.4 is 4.74 Å². The molecular weight excluding hydrogens is 386 g/mol. The summed E-state index contributed by atoms with van der Waals surface area (Å²) < 4.78 is 5.48. The predicted octanol–water partition coefficient (Wildman–Crippen LogP) is 7.58. The lowest BCUT2D eigenvalue weighted by Crippen LogP contribution is -2.31. The first-order chi connectivity index (χ1) is 14.2. The summed E-state index contributed by atoms with van der Waals surface area (Å²) in [5, 5.41) is 0. The van der Waals surface area contributed by atoms with Crippen LogP contribution in [0.15, 0.2) is 36.4 Å². The van der Waals surface area contributed by atoms with Crippen molar-refractivity contribution in [1.82, 2.24) is 4.90 Å². The Labute approximate surface area is 188 Å². The monoisotopic (exact) mass is 423 g/mol. The molecule has 0 spiro atoms. The van der Waals surface area contributed by atoms with Crippen molar-refractivity contribution in [3.63, 3.8) is 0 Å². The van der Waals surface area contributed by atoms with Crippen LogP contribution in [-0.4, -0.2) is 23.5 Å². The van der Waals surface area contributed by atoms with E-state index in [9.17, 15) is 0 Å². The number of hydrogen-bond donors (Lipinski definition) is 0. The van der Waals surface area contributed by atoms with Gasteiger partial charge in [-0.3, -0.25) is 0 Å². The first-order valence-corrected chi connectivity index (χ1v) is 11.8. The van der Waals surface area contributed by atoms with Crippen LogP contribution in [0.2, 0.25) is 0 Å². The van der Waals surface area contributed by atoms with Crippen LogP contribution in [-0.2, 0) is 0 Å². The van der Waals surface area contributed by atoms with E-state index in [1.54, 1.807) is 7.11 Å². The highest BCUT2D eigenvalue weighted by atomic mass is 32.1. The molecule has 0 N–H and O–H groups in total. The molecule has 3 rings (SSSR count). The number of benzene rings is 2. The summed E-state index contributed by atoms with van der Waals surface area (Å²) in [4.78, 5) is 3.48. The Hall–Kier alpha value is -1.87. The van der Waals surface area contributed by atoms with E-state index < -0.39 is 0 Å². The number of thiocarbonyl (C=S) groups is 1. The molecule has 0 saturated carbocycles. The SMILES string of the molecule is COc1cccc([C@H]2CCCN2C(=S)c2c(C(C)C)cc(C(C)C)cc2C(C)C)c1. The lowest BCUT2D eigenvalue weighted by molar-refractivity contribution is 0.396. The van der Waals surface area contributed by atoms with Crippen LogP contribution in [0.1, 0.15) is 106 Å². The zero-order chi connectivity index (χ0) is 22.0. The van der Waals surface area contributed by atoms with Crippen LogP contribution in [0.3, 0.4) is 0 Å². The third-order valence-electron chi connectivity index (χ3n) is 6.34. The Balaban J connectivity index is 2.08. The van der Waals surface area contributed by atoms with Gasteiger partial charge in [0.1, 0.15) is 10.7 Å². The number of ether oxygens (including phenoxy) is 1. The van der Waals surface area contributed by atoms with E-state index >= 15 is 0 Å². The van der Waals surface area contributed by atoms with Crippen molar-refractivity contribution in [2.24, 2.45) is 0 Å². The Morgan fingerprint density at radius 2 is 1.60 bits per heavy atom. The second kappa shape index (κ2) is 9.51. The maximum atomic E-state index is 6.24. The summed E-state index contributed by atoms with van der Waals surface area (Å²) in [6.45, 7) is 14.7. The zero-order valence-electron chi connectivity index (χ0n) is 19.7. The minimum absolute atomic E-state index is 0.317. The largest absolute Gasteiger partial charge is 0.497 e. The van der Waals surface area contributed by atoms with E-state index in [1.807, 2.05) is 6.07 Å². The lowest BCUT2D eigenvalue weighted by Gasteiger charge is -2.32. The van der Waals surface area contributed by atoms with Crippen LogP contribution in [0.4, 0.5) is 0 Å². The maximum absolute atomic E-state index is 6.24. The van der Waals surface area contributed by atoms with Gasteiger partial charge in [-0.2, -0.15) is 0 Å². The van der Waals surface area contributed by atoms with Gasteiger partial charge < -0.3 is 9.64 Å². The Bertz CT molecular complexity index is 870. The van der Waals surface area contributed by atoms with Gasteiger partial charge in [0.2, 0.25) is 0 Å². The number of nitrogens with zero attached hydrogens (tertiary/aromatic N) is 1. The smallest absolute Gasteiger partial charge is 0.119 e. The molecule has 0 radical (unpaired) electrons. The Kier molecular flexibility index (Phi) is 7.23.